The Morgan fingerprint density at radius 2 is 2.07 bits per heavy atom. The van der Waals surface area contributed by atoms with Gasteiger partial charge in [0.25, 0.3) is 5.91 Å². The third-order valence-electron chi connectivity index (χ3n) is 9.56. The van der Waals surface area contributed by atoms with E-state index >= 15 is 0 Å². The highest BCUT2D eigenvalue weighted by molar-refractivity contribution is 6.76. The normalized spacial score (nSPS) is 26.4. The van der Waals surface area contributed by atoms with Gasteiger partial charge in [-0.2, -0.15) is 5.10 Å². The summed E-state index contributed by atoms with van der Waals surface area (Å²) < 4.78 is 13.9. The molecule has 3 aromatic rings. The van der Waals surface area contributed by atoms with Crippen LogP contribution in [0.25, 0.3) is 22.7 Å². The van der Waals surface area contributed by atoms with Crippen LogP contribution in [0.3, 0.4) is 0 Å². The smallest absolute Gasteiger partial charge is 0.273 e. The van der Waals surface area contributed by atoms with Crippen LogP contribution in [0, 0.1) is 11.3 Å². The highest BCUT2D eigenvalue weighted by Crippen LogP contribution is 2.60. The highest BCUT2D eigenvalue weighted by Gasteiger charge is 2.54. The molecule has 218 valence electrons. The number of nitrogens with one attached hydrogen (secondary N) is 1. The van der Waals surface area contributed by atoms with E-state index in [4.69, 9.17) is 19.6 Å². The van der Waals surface area contributed by atoms with E-state index in [0.717, 1.165) is 62.0 Å². The molecule has 3 aliphatic heterocycles. The maximum atomic E-state index is 13.3. The fraction of sp³-hybridized carbons (Fsp3) is 0.600. The van der Waals surface area contributed by atoms with E-state index in [1.165, 1.54) is 17.7 Å². The van der Waals surface area contributed by atoms with Crippen LogP contribution in [0.2, 0.25) is 25.7 Å². The van der Waals surface area contributed by atoms with E-state index in [1.54, 1.807) is 18.1 Å². The van der Waals surface area contributed by atoms with E-state index in [2.05, 4.69) is 47.8 Å². The van der Waals surface area contributed by atoms with Crippen LogP contribution in [0.5, 0.6) is 0 Å². The van der Waals surface area contributed by atoms with Gasteiger partial charge >= 0.3 is 0 Å². The molecule has 3 aromatic heterocycles. The molecule has 4 fully saturated rings. The molecule has 2 bridgehead atoms. The van der Waals surface area contributed by atoms with Crippen LogP contribution in [-0.2, 0) is 33.8 Å². The monoisotopic (exact) mass is 575 g/mol. The predicted molar refractivity (Wildman–Crippen MR) is 160 cm³/mol. The number of amides is 1. The van der Waals surface area contributed by atoms with Crippen molar-refractivity contribution in [3.8, 4) is 11.5 Å². The third kappa shape index (κ3) is 4.91. The fourth-order valence-electron chi connectivity index (χ4n) is 6.65. The number of likely N-dealkylation sites (N-methyl/N-ethyl adjacent to an activating group) is 1. The zero-order valence-electron chi connectivity index (χ0n) is 24.9. The molecule has 0 radical (unpaired) electrons. The molecule has 3 saturated heterocycles. The summed E-state index contributed by atoms with van der Waals surface area (Å²) in [5, 5.41) is 5.04. The van der Waals surface area contributed by atoms with Crippen LogP contribution in [0.1, 0.15) is 31.0 Å². The van der Waals surface area contributed by atoms with Gasteiger partial charge in [-0.15, -0.1) is 0 Å². The lowest BCUT2D eigenvalue weighted by Crippen LogP contribution is -2.57. The number of H-pyrrole nitrogens is 1. The first-order valence-corrected chi connectivity index (χ1v) is 18.6. The molecular weight excluding hydrogens is 534 g/mol. The van der Waals surface area contributed by atoms with Crippen LogP contribution in [-0.4, -0.2) is 82.6 Å². The first-order valence-electron chi connectivity index (χ1n) is 14.9. The average Bonchev–Trinajstić information content (AvgIpc) is 3.23. The number of ether oxygens (including phenoxy) is 2. The summed E-state index contributed by atoms with van der Waals surface area (Å²) in [7, 11) is 0.609. The van der Waals surface area contributed by atoms with Gasteiger partial charge in [0.05, 0.1) is 35.3 Å². The van der Waals surface area contributed by atoms with Gasteiger partial charge in [-0.05, 0) is 42.7 Å². The lowest BCUT2D eigenvalue weighted by atomic mass is 9.87. The van der Waals surface area contributed by atoms with Gasteiger partial charge in [0.15, 0.2) is 11.5 Å². The molecule has 41 heavy (non-hydrogen) atoms. The lowest BCUT2D eigenvalue weighted by molar-refractivity contribution is -0.174. The summed E-state index contributed by atoms with van der Waals surface area (Å²) in [4.78, 5) is 29.8. The molecule has 1 saturated carbocycles. The number of rotatable bonds is 9. The maximum absolute atomic E-state index is 13.3. The van der Waals surface area contributed by atoms with Gasteiger partial charge in [-0.25, -0.2) is 14.6 Å². The minimum Gasteiger partial charge on any atom is -0.371 e. The topological polar surface area (TPSA) is 101 Å². The van der Waals surface area contributed by atoms with Gasteiger partial charge in [-0.3, -0.25) is 4.79 Å². The summed E-state index contributed by atoms with van der Waals surface area (Å²) in [6.07, 6.45) is 6.51. The number of nitrogens with zero attached hydrogens (tertiary/aromatic N) is 6. The van der Waals surface area contributed by atoms with Gasteiger partial charge in [0, 0.05) is 52.5 Å². The summed E-state index contributed by atoms with van der Waals surface area (Å²) in [5.41, 5.74) is 6.41. The number of carbonyl (C=O) groups is 1. The lowest BCUT2D eigenvalue weighted by Gasteiger charge is -2.48. The first kappa shape index (κ1) is 26.8. The molecule has 8 rings (SSSR count). The molecule has 2 aliphatic carbocycles. The van der Waals surface area contributed by atoms with Crippen molar-refractivity contribution in [2.24, 2.45) is 11.3 Å². The van der Waals surface area contributed by atoms with Gasteiger partial charge < -0.3 is 24.3 Å². The number of carbonyl (C=O) groups excluding carboxylic acids is 1. The van der Waals surface area contributed by atoms with Crippen molar-refractivity contribution in [3.63, 3.8) is 0 Å². The zero-order valence-corrected chi connectivity index (χ0v) is 25.9. The SMILES string of the molecule is C=C(C(=O)N(C)c1cnc2nc(-c3nn(COCC[Si](C)(C)C)c4c3C[C@@H]3C[C@]3(C)C4)[nH]c2c1)N1CC2CC(C1)O2. The van der Waals surface area contributed by atoms with Crippen molar-refractivity contribution in [1.82, 2.24) is 29.6 Å². The first-order chi connectivity index (χ1) is 19.5. The Morgan fingerprint density at radius 3 is 2.80 bits per heavy atom. The van der Waals surface area contributed by atoms with E-state index in [9.17, 15) is 4.79 Å². The Morgan fingerprint density at radius 1 is 1.32 bits per heavy atom. The van der Waals surface area contributed by atoms with E-state index < -0.39 is 8.07 Å². The van der Waals surface area contributed by atoms with E-state index in [-0.39, 0.29) is 18.1 Å². The van der Waals surface area contributed by atoms with E-state index in [0.29, 0.717) is 35.1 Å². The number of hydrogen-bond acceptors (Lipinski definition) is 7. The van der Waals surface area contributed by atoms with E-state index in [1.807, 2.05) is 11.0 Å². The number of aromatic nitrogens is 5. The molecule has 6 heterocycles. The molecule has 2 unspecified atom stereocenters. The molecule has 0 aromatic carbocycles. The highest BCUT2D eigenvalue weighted by atomic mass is 28.3. The second kappa shape index (κ2) is 9.50. The molecule has 0 spiro atoms. The molecule has 11 heteroatoms. The number of pyridine rings is 1. The van der Waals surface area contributed by atoms with Crippen molar-refractivity contribution in [3.05, 3.63) is 35.8 Å². The Kier molecular flexibility index (Phi) is 6.22. The van der Waals surface area contributed by atoms with Crippen molar-refractivity contribution in [1.29, 1.82) is 0 Å². The van der Waals surface area contributed by atoms with Crippen LogP contribution >= 0.6 is 0 Å². The number of aromatic amines is 1. The molecule has 1 amide bonds. The minimum absolute atomic E-state index is 0.137. The number of imidazole rings is 1. The fourth-order valence-corrected chi connectivity index (χ4v) is 7.40. The molecule has 1 N–H and O–H groups in total. The largest absolute Gasteiger partial charge is 0.371 e. The van der Waals surface area contributed by atoms with Gasteiger partial charge in [0.2, 0.25) is 0 Å². The second-order valence-electron chi connectivity index (χ2n) is 14.0. The molecule has 4 atom stereocenters. The van der Waals surface area contributed by atoms with Crippen LogP contribution in [0.4, 0.5) is 5.69 Å². The van der Waals surface area contributed by atoms with Gasteiger partial charge in [0.1, 0.15) is 12.4 Å². The summed E-state index contributed by atoms with van der Waals surface area (Å²) in [6, 6.07) is 3.07. The number of morpholine rings is 1. The van der Waals surface area contributed by atoms with Crippen molar-refractivity contribution in [2.45, 2.75) is 77.2 Å². The molecule has 5 aliphatic rings. The Bertz CT molecular complexity index is 1520. The number of fused-ring (bicyclic) bond motifs is 5. The van der Waals surface area contributed by atoms with Crippen molar-refractivity contribution in [2.75, 3.05) is 31.6 Å². The summed E-state index contributed by atoms with van der Waals surface area (Å²) >= 11 is 0. The van der Waals surface area contributed by atoms with Crippen molar-refractivity contribution < 1.29 is 14.3 Å². The van der Waals surface area contributed by atoms with Crippen LogP contribution < -0.4 is 4.90 Å². The summed E-state index contributed by atoms with van der Waals surface area (Å²) in [6.45, 7) is 16.3. The number of anilines is 1. The van der Waals surface area contributed by atoms with Crippen molar-refractivity contribution >= 4 is 30.8 Å². The summed E-state index contributed by atoms with van der Waals surface area (Å²) in [5.74, 6) is 1.29. The standard InChI is InChI=1S/C30H41N7O3Si/c1-18(36-15-21-11-22(16-36)40-21)29(38)35(3)20-10-24-27(31-14-20)33-28(32-24)26-23-9-19-12-30(19,2)13-25(23)37(34-26)17-39-7-8-41(4,5)6/h10,14,19,21-22H,1,7-9,11-13,15-17H2,2-6H3,(H,31,32,33)/t19-,21?,22?,30-/m1/s1. The number of hydrogen-bond donors (Lipinski definition) is 1. The Balaban J connectivity index is 1.12. The third-order valence-corrected chi connectivity index (χ3v) is 11.3. The van der Waals surface area contributed by atoms with Crippen LogP contribution in [0.15, 0.2) is 24.5 Å². The van der Waals surface area contributed by atoms with Gasteiger partial charge in [-0.1, -0.05) is 33.1 Å². The zero-order chi connectivity index (χ0) is 28.7. The second-order valence-corrected chi connectivity index (χ2v) is 19.7. The molecule has 10 nitrogen and oxygen atoms in total. The molecular formula is C30H41N7O3Si. The predicted octanol–water partition coefficient (Wildman–Crippen LogP) is 4.21. The minimum atomic E-state index is -1.16. The number of piperidine rings is 1. The Hall–Kier alpha value is -3.02. The maximum Gasteiger partial charge on any atom is 0.273 e. The average molecular weight is 576 g/mol. The quantitative estimate of drug-likeness (QED) is 0.232. The Labute approximate surface area is 242 Å².